The maximum absolute atomic E-state index is 9.39. The molecule has 2 aliphatic rings. The van der Waals surface area contributed by atoms with Crippen LogP contribution in [0.15, 0.2) is 0 Å². The van der Waals surface area contributed by atoms with Gasteiger partial charge in [0.1, 0.15) is 0 Å². The monoisotopic (exact) mass is 225 g/mol. The molecule has 0 aromatic heterocycles. The number of aliphatic hydroxyl groups is 1. The van der Waals surface area contributed by atoms with E-state index in [-0.39, 0.29) is 5.41 Å². The lowest BCUT2D eigenvalue weighted by Gasteiger charge is -2.46. The lowest BCUT2D eigenvalue weighted by Crippen LogP contribution is -2.50. The maximum atomic E-state index is 9.39. The summed E-state index contributed by atoms with van der Waals surface area (Å²) in [5.74, 6) is 0.956. The van der Waals surface area contributed by atoms with Crippen molar-refractivity contribution >= 4 is 0 Å². The minimum absolute atomic E-state index is 0.0688. The number of rotatable bonds is 3. The highest BCUT2D eigenvalue weighted by Crippen LogP contribution is 2.36. The molecular formula is C14H27NO. The van der Waals surface area contributed by atoms with Gasteiger partial charge >= 0.3 is 0 Å². The smallest absolute Gasteiger partial charge is 0.0494 e. The van der Waals surface area contributed by atoms with Crippen LogP contribution in [0.25, 0.3) is 0 Å². The van der Waals surface area contributed by atoms with Gasteiger partial charge < -0.3 is 5.11 Å². The van der Waals surface area contributed by atoms with Crippen LogP contribution in [0.4, 0.5) is 0 Å². The zero-order valence-corrected chi connectivity index (χ0v) is 10.9. The average Bonchev–Trinajstić information content (AvgIpc) is 2.29. The van der Waals surface area contributed by atoms with Crippen molar-refractivity contribution in [3.05, 3.63) is 0 Å². The van der Waals surface area contributed by atoms with Crippen LogP contribution in [0.1, 0.15) is 52.4 Å². The van der Waals surface area contributed by atoms with Gasteiger partial charge in [0, 0.05) is 24.6 Å². The maximum Gasteiger partial charge on any atom is 0.0494 e. The Bertz CT molecular complexity index is 225. The van der Waals surface area contributed by atoms with Gasteiger partial charge in [-0.1, -0.05) is 26.7 Å². The van der Waals surface area contributed by atoms with Crippen molar-refractivity contribution in [2.75, 3.05) is 19.7 Å². The van der Waals surface area contributed by atoms with Crippen molar-refractivity contribution in [1.29, 1.82) is 0 Å². The Morgan fingerprint density at radius 3 is 2.56 bits per heavy atom. The average molecular weight is 225 g/mol. The van der Waals surface area contributed by atoms with E-state index in [1.54, 1.807) is 0 Å². The summed E-state index contributed by atoms with van der Waals surface area (Å²) in [7, 11) is 0. The third-order valence-electron chi connectivity index (χ3n) is 4.42. The Morgan fingerprint density at radius 2 is 1.81 bits per heavy atom. The second-order valence-corrected chi connectivity index (χ2v) is 6.55. The van der Waals surface area contributed by atoms with Gasteiger partial charge in [-0.2, -0.15) is 0 Å². The predicted octanol–water partition coefficient (Wildman–Crippen LogP) is 2.66. The Hall–Kier alpha value is -0.0800. The van der Waals surface area contributed by atoms with Crippen LogP contribution >= 0.6 is 0 Å². The van der Waals surface area contributed by atoms with Crippen LogP contribution in [0, 0.1) is 11.3 Å². The van der Waals surface area contributed by atoms with Crippen molar-refractivity contribution in [3.8, 4) is 0 Å². The van der Waals surface area contributed by atoms with Crippen LogP contribution in [-0.4, -0.2) is 35.7 Å². The number of piperidine rings is 1. The van der Waals surface area contributed by atoms with Crippen LogP contribution in [-0.2, 0) is 0 Å². The largest absolute Gasteiger partial charge is 0.396 e. The molecule has 16 heavy (non-hydrogen) atoms. The first-order valence-electron chi connectivity index (χ1n) is 6.97. The van der Waals surface area contributed by atoms with Gasteiger partial charge in [-0.3, -0.25) is 4.90 Å². The van der Waals surface area contributed by atoms with E-state index in [2.05, 4.69) is 18.7 Å². The number of fused-ring (bicyclic) bond motifs is 1. The summed E-state index contributed by atoms with van der Waals surface area (Å²) >= 11 is 0. The van der Waals surface area contributed by atoms with Gasteiger partial charge in [-0.15, -0.1) is 0 Å². The van der Waals surface area contributed by atoms with E-state index in [9.17, 15) is 5.11 Å². The van der Waals surface area contributed by atoms with Gasteiger partial charge in [-0.25, -0.2) is 0 Å². The standard InChI is InChI=1S/C14H27NO/c1-14(2,11-16)10-15-9-5-7-12-6-3-4-8-13(12)15/h12-13,16H,3-11H2,1-2H3. The fourth-order valence-electron chi connectivity index (χ4n) is 3.52. The predicted molar refractivity (Wildman–Crippen MR) is 67.4 cm³/mol. The fourth-order valence-corrected chi connectivity index (χ4v) is 3.52. The summed E-state index contributed by atoms with van der Waals surface area (Å²) in [6, 6.07) is 0.827. The van der Waals surface area contributed by atoms with Gasteiger partial charge in [0.15, 0.2) is 0 Å². The van der Waals surface area contributed by atoms with Gasteiger partial charge in [0.2, 0.25) is 0 Å². The quantitative estimate of drug-likeness (QED) is 0.798. The molecule has 2 rings (SSSR count). The third kappa shape index (κ3) is 2.78. The number of nitrogens with zero attached hydrogens (tertiary/aromatic N) is 1. The Balaban J connectivity index is 1.97. The van der Waals surface area contributed by atoms with E-state index >= 15 is 0 Å². The van der Waals surface area contributed by atoms with Crippen LogP contribution in [0.3, 0.4) is 0 Å². The molecule has 0 amide bonds. The summed E-state index contributed by atoms with van der Waals surface area (Å²) in [4.78, 5) is 2.67. The number of hydrogen-bond donors (Lipinski definition) is 1. The number of hydrogen-bond acceptors (Lipinski definition) is 2. The van der Waals surface area contributed by atoms with Crippen molar-refractivity contribution < 1.29 is 5.11 Å². The van der Waals surface area contributed by atoms with E-state index in [4.69, 9.17) is 0 Å². The fraction of sp³-hybridized carbons (Fsp3) is 1.00. The highest BCUT2D eigenvalue weighted by molar-refractivity contribution is 4.89. The highest BCUT2D eigenvalue weighted by atomic mass is 16.3. The first kappa shape index (κ1) is 12.4. The lowest BCUT2D eigenvalue weighted by molar-refractivity contribution is 0.0156. The third-order valence-corrected chi connectivity index (χ3v) is 4.42. The second kappa shape index (κ2) is 5.05. The molecule has 2 unspecified atom stereocenters. The van der Waals surface area contributed by atoms with Gasteiger partial charge in [0.25, 0.3) is 0 Å². The molecule has 2 nitrogen and oxygen atoms in total. The molecule has 0 aromatic carbocycles. The first-order valence-corrected chi connectivity index (χ1v) is 6.97. The normalized spacial score (nSPS) is 32.4. The first-order chi connectivity index (χ1) is 7.62. The van der Waals surface area contributed by atoms with E-state index in [0.29, 0.717) is 6.61 Å². The molecule has 2 fully saturated rings. The topological polar surface area (TPSA) is 23.5 Å². The van der Waals surface area contributed by atoms with Crippen molar-refractivity contribution in [1.82, 2.24) is 4.90 Å². The Labute approximate surface area is 100 Å². The van der Waals surface area contributed by atoms with Gasteiger partial charge in [0.05, 0.1) is 0 Å². The summed E-state index contributed by atoms with van der Waals surface area (Å²) < 4.78 is 0. The Kier molecular flexibility index (Phi) is 3.91. The summed E-state index contributed by atoms with van der Waals surface area (Å²) in [5.41, 5.74) is 0.0688. The van der Waals surface area contributed by atoms with Crippen LogP contribution in [0.5, 0.6) is 0 Å². The zero-order chi connectivity index (χ0) is 11.6. The molecule has 2 heteroatoms. The van der Waals surface area contributed by atoms with Crippen LogP contribution in [0.2, 0.25) is 0 Å². The molecule has 94 valence electrons. The summed E-state index contributed by atoms with van der Waals surface area (Å²) in [5, 5.41) is 9.39. The van der Waals surface area contributed by atoms with Crippen molar-refractivity contribution in [2.24, 2.45) is 11.3 Å². The minimum atomic E-state index is 0.0688. The van der Waals surface area contributed by atoms with Crippen molar-refractivity contribution in [2.45, 2.75) is 58.4 Å². The van der Waals surface area contributed by atoms with E-state index in [1.807, 2.05) is 0 Å². The molecule has 0 bridgehead atoms. The molecular weight excluding hydrogens is 198 g/mol. The molecule has 2 atom stereocenters. The zero-order valence-electron chi connectivity index (χ0n) is 10.9. The molecule has 1 saturated carbocycles. The number of likely N-dealkylation sites (tertiary alicyclic amines) is 1. The SMILES string of the molecule is CC(C)(CO)CN1CCCC2CCCCC21. The number of aliphatic hydroxyl groups excluding tert-OH is 1. The van der Waals surface area contributed by atoms with Crippen molar-refractivity contribution in [3.63, 3.8) is 0 Å². The summed E-state index contributed by atoms with van der Waals surface area (Å²) in [6.45, 7) is 7.00. The summed E-state index contributed by atoms with van der Waals surface area (Å²) in [6.07, 6.45) is 8.51. The minimum Gasteiger partial charge on any atom is -0.396 e. The molecule has 0 spiro atoms. The second-order valence-electron chi connectivity index (χ2n) is 6.55. The molecule has 1 saturated heterocycles. The van der Waals surface area contributed by atoms with E-state index < -0.39 is 0 Å². The molecule has 0 radical (unpaired) electrons. The molecule has 1 aliphatic heterocycles. The molecule has 0 aromatic rings. The van der Waals surface area contributed by atoms with Crippen LogP contribution < -0.4 is 0 Å². The molecule has 1 N–H and O–H groups in total. The van der Waals surface area contributed by atoms with Gasteiger partial charge in [-0.05, 0) is 38.1 Å². The molecule has 1 aliphatic carbocycles. The molecule has 1 heterocycles. The lowest BCUT2D eigenvalue weighted by atomic mass is 9.77. The van der Waals surface area contributed by atoms with E-state index in [1.165, 1.54) is 45.1 Å². The highest BCUT2D eigenvalue weighted by Gasteiger charge is 2.35. The Morgan fingerprint density at radius 1 is 1.12 bits per heavy atom. The van der Waals surface area contributed by atoms with E-state index in [0.717, 1.165) is 18.5 Å².